The number of aromatic nitrogens is 1. The molecule has 1 heterocycles. The molecule has 0 saturated heterocycles. The number of hydrogen-bond donors (Lipinski definition) is 1. The van der Waals surface area contributed by atoms with E-state index in [9.17, 15) is 4.79 Å². The summed E-state index contributed by atoms with van der Waals surface area (Å²) in [6.07, 6.45) is 1.14. The Kier molecular flexibility index (Phi) is 3.02. The van der Waals surface area contributed by atoms with Gasteiger partial charge in [0.25, 0.3) is 0 Å². The van der Waals surface area contributed by atoms with E-state index in [1.807, 2.05) is 6.07 Å². The molecule has 0 aliphatic heterocycles. The van der Waals surface area contributed by atoms with E-state index >= 15 is 0 Å². The van der Waals surface area contributed by atoms with Crippen molar-refractivity contribution < 1.29 is 14.6 Å². The second kappa shape index (κ2) is 4.23. The minimum atomic E-state index is -0.616. The quantitative estimate of drug-likeness (QED) is 0.695. The molecule has 0 radical (unpaired) electrons. The van der Waals surface area contributed by atoms with E-state index < -0.39 is 5.97 Å². The lowest BCUT2D eigenvalue weighted by molar-refractivity contribution is 0.0593. The number of nitrogens with zero attached hydrogens (tertiary/aromatic N) is 2. The van der Waals surface area contributed by atoms with E-state index in [1.165, 1.54) is 13.2 Å². The highest BCUT2D eigenvalue weighted by Gasteiger charge is 2.13. The van der Waals surface area contributed by atoms with Crippen molar-refractivity contribution in [3.63, 3.8) is 0 Å². The number of pyridine rings is 1. The number of ether oxygens (including phenoxy) is 1. The van der Waals surface area contributed by atoms with Gasteiger partial charge in [0.05, 0.1) is 25.8 Å². The van der Waals surface area contributed by atoms with E-state index in [0.717, 1.165) is 6.20 Å². The molecule has 5 nitrogen and oxygen atoms in total. The third-order valence-electron chi connectivity index (χ3n) is 1.60. The van der Waals surface area contributed by atoms with E-state index in [4.69, 9.17) is 10.4 Å². The van der Waals surface area contributed by atoms with Crippen LogP contribution in [0.5, 0.6) is 5.75 Å². The second-order valence-corrected chi connectivity index (χ2v) is 2.53. The summed E-state index contributed by atoms with van der Waals surface area (Å²) in [5, 5.41) is 17.6. The standard InChI is InChI=1S/C9H8N2O3/c1-14-9(13)8-6(2-3-10)4-7(12)5-11-8/h4-5,12H,2H2,1H3. The number of esters is 1. The van der Waals surface area contributed by atoms with Crippen molar-refractivity contribution in [2.45, 2.75) is 6.42 Å². The van der Waals surface area contributed by atoms with Crippen LogP contribution in [0.4, 0.5) is 0 Å². The SMILES string of the molecule is COC(=O)c1ncc(O)cc1CC#N. The lowest BCUT2D eigenvalue weighted by atomic mass is 10.1. The van der Waals surface area contributed by atoms with Crippen molar-refractivity contribution >= 4 is 5.97 Å². The fraction of sp³-hybridized carbons (Fsp3) is 0.222. The van der Waals surface area contributed by atoms with Gasteiger partial charge in [0.2, 0.25) is 0 Å². The third kappa shape index (κ3) is 1.98. The largest absolute Gasteiger partial charge is 0.506 e. The molecule has 0 spiro atoms. The normalized spacial score (nSPS) is 9.14. The van der Waals surface area contributed by atoms with Gasteiger partial charge in [0.1, 0.15) is 5.75 Å². The van der Waals surface area contributed by atoms with E-state index in [0.29, 0.717) is 5.56 Å². The number of methoxy groups -OCH3 is 1. The molecule has 0 aliphatic rings. The van der Waals surface area contributed by atoms with Crippen LogP contribution in [0.25, 0.3) is 0 Å². The molecule has 14 heavy (non-hydrogen) atoms. The zero-order valence-electron chi connectivity index (χ0n) is 7.52. The minimum Gasteiger partial charge on any atom is -0.506 e. The first-order chi connectivity index (χ1) is 6.69. The summed E-state index contributed by atoms with van der Waals surface area (Å²) < 4.78 is 4.47. The predicted molar refractivity (Wildman–Crippen MR) is 46.6 cm³/mol. The zero-order valence-corrected chi connectivity index (χ0v) is 7.52. The Morgan fingerprint density at radius 3 is 3.07 bits per heavy atom. The first kappa shape index (κ1) is 9.99. The molecular weight excluding hydrogens is 184 g/mol. The molecule has 0 saturated carbocycles. The fourth-order valence-electron chi connectivity index (χ4n) is 0.998. The fourth-order valence-corrected chi connectivity index (χ4v) is 0.998. The Morgan fingerprint density at radius 1 is 1.79 bits per heavy atom. The lowest BCUT2D eigenvalue weighted by Crippen LogP contribution is -2.08. The maximum Gasteiger partial charge on any atom is 0.356 e. The van der Waals surface area contributed by atoms with Crippen molar-refractivity contribution in [2.24, 2.45) is 0 Å². The summed E-state index contributed by atoms with van der Waals surface area (Å²) in [7, 11) is 1.23. The van der Waals surface area contributed by atoms with Gasteiger partial charge < -0.3 is 9.84 Å². The molecule has 72 valence electrons. The molecule has 5 heteroatoms. The van der Waals surface area contributed by atoms with E-state index in [-0.39, 0.29) is 17.9 Å². The van der Waals surface area contributed by atoms with Gasteiger partial charge in [-0.25, -0.2) is 9.78 Å². The van der Waals surface area contributed by atoms with E-state index in [2.05, 4.69) is 9.72 Å². The van der Waals surface area contributed by atoms with Gasteiger partial charge in [0, 0.05) is 5.56 Å². The third-order valence-corrected chi connectivity index (χ3v) is 1.60. The van der Waals surface area contributed by atoms with Crippen LogP contribution in [0.2, 0.25) is 0 Å². The number of carbonyl (C=O) groups is 1. The van der Waals surface area contributed by atoms with Gasteiger partial charge in [-0.3, -0.25) is 0 Å². The topological polar surface area (TPSA) is 83.2 Å². The molecule has 1 aromatic heterocycles. The summed E-state index contributed by atoms with van der Waals surface area (Å²) in [6.45, 7) is 0. The second-order valence-electron chi connectivity index (χ2n) is 2.53. The van der Waals surface area contributed by atoms with Crippen LogP contribution in [-0.2, 0) is 11.2 Å². The highest BCUT2D eigenvalue weighted by molar-refractivity contribution is 5.89. The Labute approximate surface area is 80.6 Å². The summed E-state index contributed by atoms with van der Waals surface area (Å²) >= 11 is 0. The monoisotopic (exact) mass is 192 g/mol. The van der Waals surface area contributed by atoms with E-state index in [1.54, 1.807) is 0 Å². The maximum atomic E-state index is 11.1. The Bertz CT molecular complexity index is 396. The van der Waals surface area contributed by atoms with Crippen LogP contribution >= 0.6 is 0 Å². The predicted octanol–water partition coefficient (Wildman–Crippen LogP) is 0.640. The van der Waals surface area contributed by atoms with Gasteiger partial charge in [0.15, 0.2) is 5.69 Å². The zero-order chi connectivity index (χ0) is 10.6. The highest BCUT2D eigenvalue weighted by Crippen LogP contribution is 2.14. The number of rotatable bonds is 2. The first-order valence-corrected chi connectivity index (χ1v) is 3.82. The van der Waals surface area contributed by atoms with Crippen LogP contribution in [0, 0.1) is 11.3 Å². The molecule has 0 amide bonds. The van der Waals surface area contributed by atoms with Crippen molar-refractivity contribution in [2.75, 3.05) is 7.11 Å². The molecular formula is C9H8N2O3. The van der Waals surface area contributed by atoms with Crippen LogP contribution in [0.1, 0.15) is 16.1 Å². The Balaban J connectivity index is 3.15. The smallest absolute Gasteiger partial charge is 0.356 e. The van der Waals surface area contributed by atoms with Crippen LogP contribution in [0.3, 0.4) is 0 Å². The van der Waals surface area contributed by atoms with Crippen LogP contribution < -0.4 is 0 Å². The first-order valence-electron chi connectivity index (χ1n) is 3.82. The van der Waals surface area contributed by atoms with Crippen molar-refractivity contribution in [3.8, 4) is 11.8 Å². The summed E-state index contributed by atoms with van der Waals surface area (Å²) in [4.78, 5) is 14.8. The molecule has 0 fully saturated rings. The van der Waals surface area contributed by atoms with Gasteiger partial charge in [-0.1, -0.05) is 0 Å². The average molecular weight is 192 g/mol. The minimum absolute atomic E-state index is 0.00579. The van der Waals surface area contributed by atoms with Crippen molar-refractivity contribution in [1.29, 1.82) is 5.26 Å². The molecule has 0 aromatic carbocycles. The van der Waals surface area contributed by atoms with Gasteiger partial charge in [-0.2, -0.15) is 5.26 Å². The van der Waals surface area contributed by atoms with Gasteiger partial charge in [-0.15, -0.1) is 0 Å². The lowest BCUT2D eigenvalue weighted by Gasteiger charge is -2.03. The number of hydrogen-bond acceptors (Lipinski definition) is 5. The van der Waals surface area contributed by atoms with Crippen LogP contribution in [-0.4, -0.2) is 23.2 Å². The van der Waals surface area contributed by atoms with Crippen molar-refractivity contribution in [1.82, 2.24) is 4.98 Å². The maximum absolute atomic E-state index is 11.1. The molecule has 1 aromatic rings. The number of carbonyl (C=O) groups excluding carboxylic acids is 1. The summed E-state index contributed by atoms with van der Waals surface area (Å²) in [5.41, 5.74) is 0.422. The molecule has 0 atom stereocenters. The number of nitriles is 1. The summed E-state index contributed by atoms with van der Waals surface area (Å²) in [5.74, 6) is -0.696. The van der Waals surface area contributed by atoms with Crippen LogP contribution in [0.15, 0.2) is 12.3 Å². The Morgan fingerprint density at radius 2 is 2.50 bits per heavy atom. The number of aromatic hydroxyl groups is 1. The molecule has 0 aliphatic carbocycles. The average Bonchev–Trinajstić information content (AvgIpc) is 2.17. The molecule has 1 rings (SSSR count). The molecule has 0 bridgehead atoms. The van der Waals surface area contributed by atoms with Gasteiger partial charge in [-0.05, 0) is 6.07 Å². The Hall–Kier alpha value is -2.09. The highest BCUT2D eigenvalue weighted by atomic mass is 16.5. The molecule has 1 N–H and O–H groups in total. The summed E-state index contributed by atoms with van der Waals surface area (Å²) in [6, 6.07) is 3.19. The van der Waals surface area contributed by atoms with Crippen molar-refractivity contribution in [3.05, 3.63) is 23.5 Å². The van der Waals surface area contributed by atoms with Gasteiger partial charge >= 0.3 is 5.97 Å². The molecule has 0 unspecified atom stereocenters.